The summed E-state index contributed by atoms with van der Waals surface area (Å²) in [6.45, 7) is 0.337. The number of para-hydroxylation sites is 1. The van der Waals surface area contributed by atoms with E-state index in [-0.39, 0.29) is 5.75 Å². The molecule has 0 radical (unpaired) electrons. The van der Waals surface area contributed by atoms with Crippen molar-refractivity contribution in [3.63, 3.8) is 0 Å². The Hall–Kier alpha value is -1.94. The first-order valence-electron chi connectivity index (χ1n) is 6.92. The first-order valence-corrected chi connectivity index (χ1v) is 6.92. The molecule has 3 rings (SSSR count). The van der Waals surface area contributed by atoms with E-state index < -0.39 is 5.82 Å². The molecule has 0 aliphatic heterocycles. The van der Waals surface area contributed by atoms with Gasteiger partial charge in [0, 0.05) is 17.8 Å². The van der Waals surface area contributed by atoms with Crippen molar-refractivity contribution in [3.05, 3.63) is 53.0 Å². The van der Waals surface area contributed by atoms with Gasteiger partial charge in [-0.1, -0.05) is 12.1 Å². The Kier molecular flexibility index (Phi) is 3.65. The number of rotatable bonds is 3. The average molecular weight is 272 g/mol. The average Bonchev–Trinajstić information content (AvgIpc) is 2.49. The maximum Gasteiger partial charge on any atom is 0.224 e. The number of aryl methyl sites for hydroxylation is 2. The Balaban J connectivity index is 1.98. The van der Waals surface area contributed by atoms with Crippen LogP contribution in [0.15, 0.2) is 30.3 Å². The molecular weight excluding hydrogens is 255 g/mol. The topological polar surface area (TPSA) is 48.1 Å². The van der Waals surface area contributed by atoms with Gasteiger partial charge in [0.1, 0.15) is 0 Å². The summed E-state index contributed by atoms with van der Waals surface area (Å²) in [5.41, 5.74) is 8.89. The number of halogens is 1. The zero-order valence-corrected chi connectivity index (χ0v) is 11.2. The van der Waals surface area contributed by atoms with Crippen LogP contribution in [0.2, 0.25) is 0 Å². The second kappa shape index (κ2) is 5.59. The van der Waals surface area contributed by atoms with Gasteiger partial charge in [0.15, 0.2) is 11.6 Å². The Labute approximate surface area is 117 Å². The fourth-order valence-corrected chi connectivity index (χ4v) is 2.53. The van der Waals surface area contributed by atoms with Gasteiger partial charge in [0.25, 0.3) is 0 Å². The molecule has 1 aliphatic rings. The molecule has 104 valence electrons. The molecule has 1 heterocycles. The fraction of sp³-hybridized carbons (Fsp3) is 0.312. The lowest BCUT2D eigenvalue weighted by Gasteiger charge is -2.18. The third-order valence-electron chi connectivity index (χ3n) is 3.60. The minimum Gasteiger partial charge on any atom is -0.436 e. The third-order valence-corrected chi connectivity index (χ3v) is 3.60. The normalized spacial score (nSPS) is 13.9. The van der Waals surface area contributed by atoms with Crippen molar-refractivity contribution in [3.8, 4) is 11.6 Å². The van der Waals surface area contributed by atoms with Crippen molar-refractivity contribution < 1.29 is 9.13 Å². The molecule has 2 aromatic rings. The molecule has 0 atom stereocenters. The van der Waals surface area contributed by atoms with E-state index in [0.717, 1.165) is 30.5 Å². The fourth-order valence-electron chi connectivity index (χ4n) is 2.53. The number of benzene rings is 1. The summed E-state index contributed by atoms with van der Waals surface area (Å²) in [4.78, 5) is 4.55. The summed E-state index contributed by atoms with van der Waals surface area (Å²) in [7, 11) is 0. The molecule has 3 nitrogen and oxygen atoms in total. The highest BCUT2D eigenvalue weighted by molar-refractivity contribution is 5.38. The number of hydrogen-bond acceptors (Lipinski definition) is 3. The standard InChI is InChI=1S/C16H17FN2O/c17-13-6-2-4-8-15(13)20-16-12(10-18)9-11-5-1-3-7-14(11)19-16/h2,4,6,8-9H,1,3,5,7,10,18H2. The van der Waals surface area contributed by atoms with Gasteiger partial charge in [-0.3, -0.25) is 0 Å². The highest BCUT2D eigenvalue weighted by Gasteiger charge is 2.16. The molecule has 4 heteroatoms. The predicted octanol–water partition coefficient (Wildman–Crippen LogP) is 3.35. The van der Waals surface area contributed by atoms with Crippen molar-refractivity contribution in [1.29, 1.82) is 0 Å². The molecule has 1 aliphatic carbocycles. The smallest absolute Gasteiger partial charge is 0.224 e. The summed E-state index contributed by atoms with van der Waals surface area (Å²) < 4.78 is 19.3. The lowest BCUT2D eigenvalue weighted by Crippen LogP contribution is -2.10. The van der Waals surface area contributed by atoms with Crippen LogP contribution in [-0.4, -0.2) is 4.98 Å². The van der Waals surface area contributed by atoms with Crippen LogP contribution in [0.3, 0.4) is 0 Å². The maximum absolute atomic E-state index is 13.7. The number of nitrogens with zero attached hydrogens (tertiary/aromatic N) is 1. The van der Waals surface area contributed by atoms with Crippen LogP contribution in [0.5, 0.6) is 11.6 Å². The molecule has 2 N–H and O–H groups in total. The number of pyridine rings is 1. The first kappa shape index (κ1) is 13.1. The summed E-state index contributed by atoms with van der Waals surface area (Å²) >= 11 is 0. The van der Waals surface area contributed by atoms with Gasteiger partial charge in [0.05, 0.1) is 0 Å². The van der Waals surface area contributed by atoms with Crippen molar-refractivity contribution in [2.45, 2.75) is 32.2 Å². The molecule has 0 fully saturated rings. The van der Waals surface area contributed by atoms with Crippen molar-refractivity contribution >= 4 is 0 Å². The summed E-state index contributed by atoms with van der Waals surface area (Å²) in [6, 6.07) is 8.38. The van der Waals surface area contributed by atoms with Gasteiger partial charge in [-0.2, -0.15) is 0 Å². The monoisotopic (exact) mass is 272 g/mol. The van der Waals surface area contributed by atoms with Crippen LogP contribution in [-0.2, 0) is 19.4 Å². The molecular formula is C16H17FN2O. The van der Waals surface area contributed by atoms with E-state index >= 15 is 0 Å². The Morgan fingerprint density at radius 1 is 1.20 bits per heavy atom. The van der Waals surface area contributed by atoms with E-state index in [4.69, 9.17) is 10.5 Å². The van der Waals surface area contributed by atoms with Crippen LogP contribution in [0.25, 0.3) is 0 Å². The minimum atomic E-state index is -0.394. The van der Waals surface area contributed by atoms with E-state index in [0.29, 0.717) is 12.4 Å². The SMILES string of the molecule is NCc1cc2c(nc1Oc1ccccc1F)CCCC2. The Bertz CT molecular complexity index is 628. The molecule has 0 unspecified atom stereocenters. The van der Waals surface area contributed by atoms with Gasteiger partial charge in [0.2, 0.25) is 5.88 Å². The molecule has 0 bridgehead atoms. The predicted molar refractivity (Wildman–Crippen MR) is 75.2 cm³/mol. The Morgan fingerprint density at radius 3 is 2.80 bits per heavy atom. The first-order chi connectivity index (χ1) is 9.78. The van der Waals surface area contributed by atoms with Crippen LogP contribution < -0.4 is 10.5 Å². The van der Waals surface area contributed by atoms with Gasteiger partial charge >= 0.3 is 0 Å². The van der Waals surface area contributed by atoms with E-state index in [1.165, 1.54) is 18.1 Å². The summed E-state index contributed by atoms with van der Waals surface area (Å²) in [5.74, 6) is 0.221. The van der Waals surface area contributed by atoms with Crippen LogP contribution in [0, 0.1) is 5.82 Å². The molecule has 0 spiro atoms. The van der Waals surface area contributed by atoms with Crippen LogP contribution >= 0.6 is 0 Å². The second-order valence-corrected chi connectivity index (χ2v) is 5.00. The molecule has 0 amide bonds. The number of fused-ring (bicyclic) bond motifs is 1. The number of aromatic nitrogens is 1. The van der Waals surface area contributed by atoms with Crippen molar-refractivity contribution in [1.82, 2.24) is 4.98 Å². The quantitative estimate of drug-likeness (QED) is 0.932. The molecule has 1 aromatic heterocycles. The number of nitrogens with two attached hydrogens (primary N) is 1. The lowest BCUT2D eigenvalue weighted by atomic mass is 9.95. The maximum atomic E-state index is 13.7. The largest absolute Gasteiger partial charge is 0.436 e. The lowest BCUT2D eigenvalue weighted by molar-refractivity contribution is 0.419. The van der Waals surface area contributed by atoms with Crippen LogP contribution in [0.1, 0.15) is 29.7 Å². The molecule has 0 saturated heterocycles. The van der Waals surface area contributed by atoms with Crippen molar-refractivity contribution in [2.24, 2.45) is 5.73 Å². The molecule has 1 aromatic carbocycles. The number of ether oxygens (including phenoxy) is 1. The highest BCUT2D eigenvalue weighted by atomic mass is 19.1. The zero-order chi connectivity index (χ0) is 13.9. The van der Waals surface area contributed by atoms with Crippen molar-refractivity contribution in [2.75, 3.05) is 0 Å². The minimum absolute atomic E-state index is 0.186. The van der Waals surface area contributed by atoms with Gasteiger partial charge < -0.3 is 10.5 Å². The summed E-state index contributed by atoms with van der Waals surface area (Å²) in [6.07, 6.45) is 4.32. The van der Waals surface area contributed by atoms with E-state index in [1.54, 1.807) is 18.2 Å². The number of hydrogen-bond donors (Lipinski definition) is 1. The molecule has 20 heavy (non-hydrogen) atoms. The Morgan fingerprint density at radius 2 is 2.00 bits per heavy atom. The van der Waals surface area contributed by atoms with Crippen LogP contribution in [0.4, 0.5) is 4.39 Å². The third kappa shape index (κ3) is 2.51. The van der Waals surface area contributed by atoms with E-state index in [1.807, 2.05) is 0 Å². The van der Waals surface area contributed by atoms with E-state index in [2.05, 4.69) is 11.1 Å². The van der Waals surface area contributed by atoms with Gasteiger partial charge in [-0.15, -0.1) is 0 Å². The summed E-state index contributed by atoms with van der Waals surface area (Å²) in [5, 5.41) is 0. The second-order valence-electron chi connectivity index (χ2n) is 5.00. The van der Waals surface area contributed by atoms with E-state index in [9.17, 15) is 4.39 Å². The molecule has 0 saturated carbocycles. The highest BCUT2D eigenvalue weighted by Crippen LogP contribution is 2.29. The zero-order valence-electron chi connectivity index (χ0n) is 11.2. The van der Waals surface area contributed by atoms with Gasteiger partial charge in [-0.05, 0) is 49.4 Å². The van der Waals surface area contributed by atoms with Gasteiger partial charge in [-0.25, -0.2) is 9.37 Å².